The van der Waals surface area contributed by atoms with Crippen molar-refractivity contribution in [1.29, 1.82) is 0 Å². The molecule has 0 spiro atoms. The van der Waals surface area contributed by atoms with E-state index in [1.54, 1.807) is 43.3 Å². The van der Waals surface area contributed by atoms with E-state index in [2.05, 4.69) is 10.2 Å². The number of carbonyl (C=O) groups is 2. The summed E-state index contributed by atoms with van der Waals surface area (Å²) < 4.78 is 0. The summed E-state index contributed by atoms with van der Waals surface area (Å²) in [4.78, 5) is 28.0. The first-order chi connectivity index (χ1) is 11.0. The number of carbonyl (C=O) groups excluding carboxylic acids is 2. The second-order valence-corrected chi connectivity index (χ2v) is 6.15. The van der Waals surface area contributed by atoms with Crippen LogP contribution in [0, 0.1) is 0 Å². The number of benzene rings is 1. The van der Waals surface area contributed by atoms with Crippen LogP contribution in [0.4, 0.5) is 0 Å². The van der Waals surface area contributed by atoms with E-state index in [0.29, 0.717) is 35.8 Å². The van der Waals surface area contributed by atoms with E-state index >= 15 is 0 Å². The van der Waals surface area contributed by atoms with E-state index in [1.807, 2.05) is 0 Å². The number of amides is 2. The monoisotopic (exact) mass is 332 g/mol. The first kappa shape index (κ1) is 15.6. The third-order valence-corrected chi connectivity index (χ3v) is 4.17. The summed E-state index contributed by atoms with van der Waals surface area (Å²) in [5, 5.41) is 7.63. The molecule has 0 fully saturated rings. The molecule has 1 aliphatic heterocycles. The molecule has 23 heavy (non-hydrogen) atoms. The lowest BCUT2D eigenvalue weighted by Crippen LogP contribution is -2.36. The minimum Gasteiger partial charge on any atom is -0.343 e. The van der Waals surface area contributed by atoms with Crippen LogP contribution >= 0.6 is 11.6 Å². The van der Waals surface area contributed by atoms with Gasteiger partial charge in [-0.15, -0.1) is 0 Å². The Hall–Kier alpha value is -2.34. The molecule has 0 bridgehead atoms. The lowest BCUT2D eigenvalue weighted by Gasteiger charge is -2.27. The molecule has 0 saturated carbocycles. The fourth-order valence-corrected chi connectivity index (χ4v) is 2.76. The van der Waals surface area contributed by atoms with Crippen LogP contribution in [-0.2, 0) is 13.0 Å². The van der Waals surface area contributed by atoms with Gasteiger partial charge < -0.3 is 9.80 Å². The molecular weight excluding hydrogens is 316 g/mol. The Bertz CT molecular complexity index is 752. The number of rotatable bonds is 2. The molecular formula is C16H17ClN4O2. The van der Waals surface area contributed by atoms with Crippen LogP contribution < -0.4 is 0 Å². The van der Waals surface area contributed by atoms with Gasteiger partial charge in [0.2, 0.25) is 0 Å². The van der Waals surface area contributed by atoms with Crippen LogP contribution in [0.25, 0.3) is 0 Å². The molecule has 3 rings (SSSR count). The summed E-state index contributed by atoms with van der Waals surface area (Å²) in [6.07, 6.45) is 0.655. The first-order valence-electron chi connectivity index (χ1n) is 7.30. The van der Waals surface area contributed by atoms with Crippen LogP contribution in [0.1, 0.15) is 32.1 Å². The molecule has 0 unspecified atom stereocenters. The molecule has 0 radical (unpaired) electrons. The molecule has 1 aliphatic rings. The van der Waals surface area contributed by atoms with Crippen LogP contribution in [0.2, 0.25) is 5.02 Å². The summed E-state index contributed by atoms with van der Waals surface area (Å²) in [6.45, 7) is 0.967. The smallest absolute Gasteiger partial charge is 0.274 e. The van der Waals surface area contributed by atoms with Crippen molar-refractivity contribution in [2.24, 2.45) is 0 Å². The van der Waals surface area contributed by atoms with Gasteiger partial charge in [-0.05, 0) is 24.3 Å². The Morgan fingerprint density at radius 3 is 2.61 bits per heavy atom. The largest absolute Gasteiger partial charge is 0.343 e. The van der Waals surface area contributed by atoms with Crippen molar-refractivity contribution in [2.75, 3.05) is 20.6 Å². The number of H-pyrrole nitrogens is 1. The van der Waals surface area contributed by atoms with Crippen molar-refractivity contribution in [3.63, 3.8) is 0 Å². The number of hydrogen-bond acceptors (Lipinski definition) is 3. The second-order valence-electron chi connectivity index (χ2n) is 5.71. The van der Waals surface area contributed by atoms with Crippen LogP contribution in [0.3, 0.4) is 0 Å². The minimum atomic E-state index is -0.164. The van der Waals surface area contributed by atoms with E-state index in [9.17, 15) is 9.59 Å². The number of nitrogens with one attached hydrogen (secondary N) is 1. The zero-order chi connectivity index (χ0) is 16.6. The van der Waals surface area contributed by atoms with Crippen molar-refractivity contribution in [1.82, 2.24) is 20.0 Å². The number of nitrogens with zero attached hydrogens (tertiary/aromatic N) is 3. The molecule has 0 atom stereocenters. The molecule has 120 valence electrons. The Balaban J connectivity index is 1.84. The molecule has 7 heteroatoms. The lowest BCUT2D eigenvalue weighted by atomic mass is 10.0. The molecule has 2 aromatic rings. The van der Waals surface area contributed by atoms with Gasteiger partial charge in [-0.2, -0.15) is 5.10 Å². The fraction of sp³-hybridized carbons (Fsp3) is 0.312. The normalized spacial score (nSPS) is 13.6. The quantitative estimate of drug-likeness (QED) is 0.914. The van der Waals surface area contributed by atoms with Gasteiger partial charge >= 0.3 is 0 Å². The van der Waals surface area contributed by atoms with Crippen molar-refractivity contribution < 1.29 is 9.59 Å². The minimum absolute atomic E-state index is 0.0724. The zero-order valence-corrected chi connectivity index (χ0v) is 13.7. The van der Waals surface area contributed by atoms with Gasteiger partial charge in [0.1, 0.15) is 0 Å². The van der Waals surface area contributed by atoms with Crippen LogP contribution in [-0.4, -0.2) is 52.5 Å². The average Bonchev–Trinajstić information content (AvgIpc) is 2.97. The van der Waals surface area contributed by atoms with E-state index < -0.39 is 0 Å². The predicted octanol–water partition coefficient (Wildman–Crippen LogP) is 1.96. The molecule has 1 N–H and O–H groups in total. The summed E-state index contributed by atoms with van der Waals surface area (Å²) in [5.74, 6) is -0.236. The summed E-state index contributed by atoms with van der Waals surface area (Å²) >= 11 is 5.86. The Labute approximate surface area is 139 Å². The molecule has 1 aromatic heterocycles. The summed E-state index contributed by atoms with van der Waals surface area (Å²) in [7, 11) is 3.37. The number of aromatic nitrogens is 2. The Morgan fingerprint density at radius 2 is 1.96 bits per heavy atom. The van der Waals surface area contributed by atoms with Crippen molar-refractivity contribution in [2.45, 2.75) is 13.0 Å². The summed E-state index contributed by atoms with van der Waals surface area (Å²) in [6, 6.07) is 6.81. The predicted molar refractivity (Wildman–Crippen MR) is 86.5 cm³/mol. The third kappa shape index (κ3) is 2.94. The maximum absolute atomic E-state index is 12.6. The maximum atomic E-state index is 12.6. The van der Waals surface area contributed by atoms with E-state index in [1.165, 1.54) is 4.90 Å². The van der Waals surface area contributed by atoms with Gasteiger partial charge in [0, 0.05) is 48.9 Å². The highest BCUT2D eigenvalue weighted by molar-refractivity contribution is 6.30. The Kier molecular flexibility index (Phi) is 4.09. The van der Waals surface area contributed by atoms with Crippen molar-refractivity contribution in [3.8, 4) is 0 Å². The van der Waals surface area contributed by atoms with Crippen LogP contribution in [0.5, 0.6) is 0 Å². The third-order valence-electron chi connectivity index (χ3n) is 3.92. The number of fused-ring (bicyclic) bond motifs is 1. The molecule has 6 nitrogen and oxygen atoms in total. The molecule has 2 amide bonds. The molecule has 0 aliphatic carbocycles. The highest BCUT2D eigenvalue weighted by Gasteiger charge is 2.28. The first-order valence-corrected chi connectivity index (χ1v) is 7.67. The average molecular weight is 333 g/mol. The lowest BCUT2D eigenvalue weighted by molar-refractivity contribution is 0.0727. The van der Waals surface area contributed by atoms with E-state index in [-0.39, 0.29) is 11.8 Å². The molecule has 1 aromatic carbocycles. The zero-order valence-electron chi connectivity index (χ0n) is 13.0. The number of aromatic amines is 1. The van der Waals surface area contributed by atoms with Gasteiger partial charge in [0.25, 0.3) is 11.8 Å². The van der Waals surface area contributed by atoms with Gasteiger partial charge in [-0.25, -0.2) is 0 Å². The van der Waals surface area contributed by atoms with Crippen molar-refractivity contribution in [3.05, 3.63) is 51.8 Å². The molecule has 0 saturated heterocycles. The standard InChI is InChI=1S/C16H17ClN4O2/c1-20(2)16(23)14-12-9-21(8-7-13(12)18-19-14)15(22)10-3-5-11(17)6-4-10/h3-6H,7-9H2,1-2H3,(H,18,19). The van der Waals surface area contributed by atoms with Crippen molar-refractivity contribution >= 4 is 23.4 Å². The van der Waals surface area contributed by atoms with Gasteiger partial charge in [-0.1, -0.05) is 11.6 Å². The van der Waals surface area contributed by atoms with Gasteiger partial charge in [0.05, 0.1) is 6.54 Å². The van der Waals surface area contributed by atoms with E-state index in [0.717, 1.165) is 11.3 Å². The maximum Gasteiger partial charge on any atom is 0.274 e. The topological polar surface area (TPSA) is 69.3 Å². The van der Waals surface area contributed by atoms with Gasteiger partial charge in [-0.3, -0.25) is 14.7 Å². The fourth-order valence-electron chi connectivity index (χ4n) is 2.63. The second kappa shape index (κ2) is 6.04. The Morgan fingerprint density at radius 1 is 1.26 bits per heavy atom. The summed E-state index contributed by atoms with van der Waals surface area (Å²) in [5.41, 5.74) is 2.70. The SMILES string of the molecule is CN(C)C(=O)c1n[nH]c2c1CN(C(=O)c1ccc(Cl)cc1)CC2. The van der Waals surface area contributed by atoms with Gasteiger partial charge in [0.15, 0.2) is 5.69 Å². The van der Waals surface area contributed by atoms with Crippen LogP contribution in [0.15, 0.2) is 24.3 Å². The number of hydrogen-bond donors (Lipinski definition) is 1. The number of halogens is 1. The highest BCUT2D eigenvalue weighted by atomic mass is 35.5. The van der Waals surface area contributed by atoms with E-state index in [4.69, 9.17) is 11.6 Å². The highest BCUT2D eigenvalue weighted by Crippen LogP contribution is 2.23. The molecule has 2 heterocycles.